The largest absolute Gasteiger partial charge is 0.491 e. The molecule has 1 amide bonds. The van der Waals surface area contributed by atoms with Gasteiger partial charge in [-0.25, -0.2) is 9.59 Å². The molecule has 2 aliphatic rings. The van der Waals surface area contributed by atoms with E-state index in [-0.39, 0.29) is 24.1 Å². The molecule has 1 aliphatic heterocycles. The van der Waals surface area contributed by atoms with E-state index < -0.39 is 18.1 Å². The van der Waals surface area contributed by atoms with Crippen LogP contribution in [0.3, 0.4) is 0 Å². The van der Waals surface area contributed by atoms with Crippen molar-refractivity contribution >= 4 is 17.8 Å². The van der Waals surface area contributed by atoms with Crippen LogP contribution in [0.15, 0.2) is 18.5 Å². The van der Waals surface area contributed by atoms with Gasteiger partial charge in [0.1, 0.15) is 0 Å². The van der Waals surface area contributed by atoms with Crippen molar-refractivity contribution in [2.45, 2.75) is 44.8 Å². The van der Waals surface area contributed by atoms with Crippen molar-refractivity contribution in [1.82, 2.24) is 19.7 Å². The summed E-state index contributed by atoms with van der Waals surface area (Å²) in [6.45, 7) is 2.30. The fourth-order valence-corrected chi connectivity index (χ4v) is 4.54. The van der Waals surface area contributed by atoms with Crippen LogP contribution in [0.2, 0.25) is 0 Å². The molecule has 4 rings (SSSR count). The summed E-state index contributed by atoms with van der Waals surface area (Å²) in [6.07, 6.45) is 0.782. The molecule has 2 N–H and O–H groups in total. The molecule has 34 heavy (non-hydrogen) atoms. The predicted molar refractivity (Wildman–Crippen MR) is 112 cm³/mol. The average Bonchev–Trinajstić information content (AvgIpc) is 3.17. The highest BCUT2D eigenvalue weighted by Gasteiger charge is 2.43. The first-order chi connectivity index (χ1) is 16.1. The number of primary amides is 1. The second kappa shape index (κ2) is 9.53. The number of hydrogen-bond acceptors (Lipinski definition) is 7. The molecular formula is C22H24F3N5O4. The Morgan fingerprint density at radius 1 is 1.15 bits per heavy atom. The molecule has 0 bridgehead atoms. The third kappa shape index (κ3) is 4.96. The zero-order chi connectivity index (χ0) is 24.5. The van der Waals surface area contributed by atoms with Crippen molar-refractivity contribution in [2.75, 3.05) is 19.6 Å². The summed E-state index contributed by atoms with van der Waals surface area (Å²) >= 11 is 0. The summed E-state index contributed by atoms with van der Waals surface area (Å²) in [7, 11) is 0. The smallest absolute Gasteiger partial charge is 0.381 e. The van der Waals surface area contributed by atoms with E-state index in [0.29, 0.717) is 63.0 Å². The van der Waals surface area contributed by atoms with Crippen LogP contribution in [0.25, 0.3) is 11.3 Å². The second-order valence-electron chi connectivity index (χ2n) is 8.48. The molecule has 12 heteroatoms. The molecule has 1 aliphatic carbocycles. The minimum Gasteiger partial charge on any atom is -0.381 e. The first-order valence-electron chi connectivity index (χ1n) is 11.0. The molecule has 2 aromatic rings. The van der Waals surface area contributed by atoms with E-state index in [1.807, 2.05) is 0 Å². The fraction of sp³-hybridized carbons (Fsp3) is 0.500. The van der Waals surface area contributed by atoms with Gasteiger partial charge in [-0.3, -0.25) is 14.5 Å². The van der Waals surface area contributed by atoms with Gasteiger partial charge >= 0.3 is 18.1 Å². The normalized spacial score (nSPS) is 16.6. The highest BCUT2D eigenvalue weighted by Crippen LogP contribution is 2.34. The number of hydrogen-bond donors (Lipinski definition) is 1. The van der Waals surface area contributed by atoms with Crippen LogP contribution in [0.4, 0.5) is 13.2 Å². The third-order valence-corrected chi connectivity index (χ3v) is 6.30. The van der Waals surface area contributed by atoms with Crippen LogP contribution in [-0.4, -0.2) is 63.3 Å². The molecule has 1 saturated heterocycles. The number of halogens is 3. The Balaban J connectivity index is 1.53. The number of alkyl halides is 3. The quantitative estimate of drug-likeness (QED) is 0.496. The number of esters is 2. The lowest BCUT2D eigenvalue weighted by molar-refractivity contribution is -0.193. The predicted octanol–water partition coefficient (Wildman–Crippen LogP) is 1.88. The molecule has 2 aromatic heterocycles. The first-order valence-corrected chi connectivity index (χ1v) is 11.0. The van der Waals surface area contributed by atoms with Crippen molar-refractivity contribution < 1.29 is 32.3 Å². The van der Waals surface area contributed by atoms with Gasteiger partial charge in [-0.05, 0) is 63.4 Å². The van der Waals surface area contributed by atoms with Crippen LogP contribution in [0, 0.1) is 5.92 Å². The monoisotopic (exact) mass is 479 g/mol. The molecular weight excluding hydrogens is 455 g/mol. The number of fused-ring (bicyclic) bond motifs is 3. The molecule has 0 unspecified atom stereocenters. The van der Waals surface area contributed by atoms with Crippen LogP contribution >= 0.6 is 0 Å². The lowest BCUT2D eigenvalue weighted by Gasteiger charge is -2.30. The molecule has 0 radical (unpaired) electrons. The summed E-state index contributed by atoms with van der Waals surface area (Å²) in [5.41, 5.74) is 7.84. The maximum Gasteiger partial charge on any atom is 0.491 e. The summed E-state index contributed by atoms with van der Waals surface area (Å²) < 4.78 is 43.5. The minimum atomic E-state index is -5.28. The van der Waals surface area contributed by atoms with Crippen molar-refractivity contribution in [3.8, 4) is 11.3 Å². The number of piperidine rings is 1. The summed E-state index contributed by atoms with van der Waals surface area (Å²) in [6, 6.07) is 1.74. The lowest BCUT2D eigenvalue weighted by Crippen LogP contribution is -2.39. The highest BCUT2D eigenvalue weighted by atomic mass is 19.4. The van der Waals surface area contributed by atoms with Crippen LogP contribution in [0.5, 0.6) is 0 Å². The van der Waals surface area contributed by atoms with Gasteiger partial charge in [-0.15, -0.1) is 0 Å². The Bertz CT molecular complexity index is 1110. The number of ether oxygens (including phenoxy) is 1. The number of likely N-dealkylation sites (tertiary alicyclic amines) is 1. The van der Waals surface area contributed by atoms with Gasteiger partial charge in [0.05, 0.1) is 5.69 Å². The minimum absolute atomic E-state index is 0.129. The molecule has 0 saturated carbocycles. The van der Waals surface area contributed by atoms with Gasteiger partial charge in [0.2, 0.25) is 5.91 Å². The van der Waals surface area contributed by atoms with E-state index in [4.69, 9.17) is 5.73 Å². The van der Waals surface area contributed by atoms with Gasteiger partial charge in [-0.2, -0.15) is 18.3 Å². The van der Waals surface area contributed by atoms with Gasteiger partial charge in [-0.1, -0.05) is 0 Å². The first kappa shape index (κ1) is 23.9. The number of nitrogens with zero attached hydrogens (tertiary/aromatic N) is 4. The van der Waals surface area contributed by atoms with Gasteiger partial charge in [0.15, 0.2) is 5.69 Å². The van der Waals surface area contributed by atoms with Gasteiger partial charge < -0.3 is 15.4 Å². The number of pyridine rings is 1. The van der Waals surface area contributed by atoms with E-state index in [9.17, 15) is 27.6 Å². The van der Waals surface area contributed by atoms with Crippen LogP contribution in [-0.2, 0) is 33.7 Å². The molecule has 0 aromatic carbocycles. The molecule has 3 heterocycles. The number of amides is 1. The zero-order valence-electron chi connectivity index (χ0n) is 18.3. The van der Waals surface area contributed by atoms with E-state index in [1.165, 1.54) is 4.68 Å². The molecule has 9 nitrogen and oxygen atoms in total. The maximum absolute atomic E-state index is 12.7. The number of aryl methyl sites for hydroxylation is 2. The Hall–Kier alpha value is -3.28. The van der Waals surface area contributed by atoms with E-state index in [1.54, 1.807) is 18.5 Å². The summed E-state index contributed by atoms with van der Waals surface area (Å²) in [5, 5.41) is 4.52. The molecule has 0 atom stereocenters. The third-order valence-electron chi connectivity index (χ3n) is 6.30. The Labute approximate surface area is 193 Å². The van der Waals surface area contributed by atoms with Gasteiger partial charge in [0.25, 0.3) is 0 Å². The zero-order valence-corrected chi connectivity index (χ0v) is 18.3. The second-order valence-corrected chi connectivity index (χ2v) is 8.48. The number of carbonyl (C=O) groups excluding carboxylic acids is 3. The Morgan fingerprint density at radius 3 is 2.56 bits per heavy atom. The lowest BCUT2D eigenvalue weighted by atomic mass is 9.90. The topological polar surface area (TPSA) is 120 Å². The Morgan fingerprint density at radius 2 is 1.88 bits per heavy atom. The Kier molecular flexibility index (Phi) is 6.69. The molecule has 0 spiro atoms. The number of rotatable bonds is 6. The van der Waals surface area contributed by atoms with Crippen LogP contribution in [0.1, 0.15) is 40.9 Å². The van der Waals surface area contributed by atoms with Crippen molar-refractivity contribution in [2.24, 2.45) is 11.7 Å². The van der Waals surface area contributed by atoms with Gasteiger partial charge in [0, 0.05) is 36.0 Å². The van der Waals surface area contributed by atoms with Crippen molar-refractivity contribution in [3.05, 3.63) is 35.3 Å². The van der Waals surface area contributed by atoms with E-state index in [0.717, 1.165) is 11.1 Å². The summed E-state index contributed by atoms with van der Waals surface area (Å²) in [4.78, 5) is 41.5. The highest BCUT2D eigenvalue weighted by molar-refractivity contribution is 5.99. The number of nitrogens with two attached hydrogens (primary N) is 1. The van der Waals surface area contributed by atoms with Crippen molar-refractivity contribution in [1.29, 1.82) is 0 Å². The van der Waals surface area contributed by atoms with E-state index >= 15 is 0 Å². The van der Waals surface area contributed by atoms with Crippen LogP contribution < -0.4 is 5.73 Å². The van der Waals surface area contributed by atoms with Crippen molar-refractivity contribution in [3.63, 3.8) is 0 Å². The number of aromatic nitrogens is 3. The average molecular weight is 479 g/mol. The summed E-state index contributed by atoms with van der Waals surface area (Å²) in [5.74, 6) is -4.35. The standard InChI is InChI=1S/C22H24F3N5O4/c23-22(24,25)21(33)34-20(32)18-16-3-2-14-12-27-7-4-15(14)17(16)28-30(18)9-1-8-29-10-5-13(6-11-29)19(26)31/h4,7,12-13H,1-3,5-6,8-11H2,(H2,26,31). The molecule has 182 valence electrons. The maximum atomic E-state index is 12.7. The fourth-order valence-electron chi connectivity index (χ4n) is 4.54. The molecule has 1 fully saturated rings. The SMILES string of the molecule is NC(=O)C1CCN(CCCn2nc3c(c2C(=O)OC(=O)C(F)(F)F)CCc2cnccc2-3)CC1. The van der Waals surface area contributed by atoms with E-state index in [2.05, 4.69) is 19.7 Å². The number of carbonyl (C=O) groups is 3.